The summed E-state index contributed by atoms with van der Waals surface area (Å²) in [6.45, 7) is 0. The number of nitrogens with zero attached hydrogens (tertiary/aromatic N) is 3. The van der Waals surface area contributed by atoms with E-state index in [2.05, 4.69) is 125 Å². The third kappa shape index (κ3) is 4.69. The van der Waals surface area contributed by atoms with Gasteiger partial charge in [0.2, 0.25) is 0 Å². The Morgan fingerprint density at radius 2 is 1.11 bits per heavy atom. The lowest BCUT2D eigenvalue weighted by molar-refractivity contribution is 0.640. The molecule has 0 saturated heterocycles. The Morgan fingerprint density at radius 1 is 0.509 bits per heavy atom. The highest BCUT2D eigenvalue weighted by molar-refractivity contribution is 6.34. The van der Waals surface area contributed by atoms with Crippen LogP contribution in [0.4, 0.5) is 4.39 Å². The van der Waals surface area contributed by atoms with Crippen LogP contribution in [0.1, 0.15) is 23.6 Å². The second kappa shape index (κ2) is 11.6. The lowest BCUT2D eigenvalue weighted by Gasteiger charge is -2.20. The number of benzene rings is 8. The highest BCUT2D eigenvalue weighted by Gasteiger charge is 2.21. The Kier molecular flexibility index (Phi) is 6.56. The number of allylic oxidation sites excluding steroid dienone is 1. The van der Waals surface area contributed by atoms with Crippen molar-refractivity contribution in [3.8, 4) is 33.5 Å². The van der Waals surface area contributed by atoms with Gasteiger partial charge in [-0.25, -0.2) is 9.37 Å². The largest absolute Gasteiger partial charge is 0.289 e. The van der Waals surface area contributed by atoms with Crippen LogP contribution >= 0.6 is 0 Å². The summed E-state index contributed by atoms with van der Waals surface area (Å²) in [4.78, 5) is 14.5. The Bertz CT molecular complexity index is 3100. The summed E-state index contributed by atoms with van der Waals surface area (Å²) in [5, 5.41) is 9.46. The number of rotatable bonds is 5. The SMILES string of the molecule is Fc1ccc(-c2nc3cc(-c4ccc(-c5cc(C6=NC=C6)cc(C6CC=N6)c5)cc4)ccc3c3c4ccccc4c4ccccc4c23)c2ccccc12. The first-order valence-corrected chi connectivity index (χ1v) is 18.0. The van der Waals surface area contributed by atoms with Gasteiger partial charge in [0.05, 0.1) is 23.0 Å². The fourth-order valence-corrected chi connectivity index (χ4v) is 8.29. The molecule has 8 aromatic carbocycles. The van der Waals surface area contributed by atoms with E-state index in [1.807, 2.05) is 42.7 Å². The van der Waals surface area contributed by atoms with Gasteiger partial charge in [0, 0.05) is 51.5 Å². The van der Waals surface area contributed by atoms with Crippen molar-refractivity contribution in [2.24, 2.45) is 9.98 Å². The minimum Gasteiger partial charge on any atom is -0.289 e. The number of fused-ring (bicyclic) bond motifs is 9. The van der Waals surface area contributed by atoms with E-state index in [-0.39, 0.29) is 11.9 Å². The molecule has 11 rings (SSSR count). The van der Waals surface area contributed by atoms with Gasteiger partial charge in [0.25, 0.3) is 0 Å². The molecule has 0 spiro atoms. The minimum atomic E-state index is -0.233. The zero-order chi connectivity index (χ0) is 35.0. The van der Waals surface area contributed by atoms with Crippen LogP contribution in [0.3, 0.4) is 0 Å². The fourth-order valence-electron chi connectivity index (χ4n) is 8.29. The van der Waals surface area contributed by atoms with E-state index in [0.29, 0.717) is 5.39 Å². The van der Waals surface area contributed by atoms with Gasteiger partial charge in [-0.3, -0.25) is 9.98 Å². The molecule has 0 fully saturated rings. The van der Waals surface area contributed by atoms with Crippen molar-refractivity contribution in [2.75, 3.05) is 0 Å². The molecule has 2 aliphatic rings. The molecule has 0 N–H and O–H groups in total. The van der Waals surface area contributed by atoms with E-state index in [9.17, 15) is 0 Å². The predicted octanol–water partition coefficient (Wildman–Crippen LogP) is 12.8. The van der Waals surface area contributed by atoms with Crippen molar-refractivity contribution in [2.45, 2.75) is 12.5 Å². The average Bonchev–Trinajstić information content (AvgIpc) is 3.16. The summed E-state index contributed by atoms with van der Waals surface area (Å²) in [7, 11) is 0. The van der Waals surface area contributed by atoms with E-state index >= 15 is 4.39 Å². The van der Waals surface area contributed by atoms with Gasteiger partial charge in [-0.1, -0.05) is 109 Å². The van der Waals surface area contributed by atoms with E-state index in [1.165, 1.54) is 21.7 Å². The number of pyridine rings is 1. The van der Waals surface area contributed by atoms with Crippen LogP contribution in [0, 0.1) is 5.82 Å². The number of hydrogen-bond donors (Lipinski definition) is 0. The minimum absolute atomic E-state index is 0.215. The summed E-state index contributed by atoms with van der Waals surface area (Å²) in [5.41, 5.74) is 10.6. The van der Waals surface area contributed by atoms with Crippen LogP contribution in [0.25, 0.3) is 87.5 Å². The Hall–Kier alpha value is -6.78. The van der Waals surface area contributed by atoms with Gasteiger partial charge in [-0.05, 0) is 97.2 Å². The second-order valence-corrected chi connectivity index (χ2v) is 14.0. The first-order valence-electron chi connectivity index (χ1n) is 18.0. The first kappa shape index (κ1) is 29.9. The Balaban J connectivity index is 1.12. The van der Waals surface area contributed by atoms with Crippen molar-refractivity contribution >= 4 is 65.9 Å². The molecule has 3 heterocycles. The smallest absolute Gasteiger partial charge is 0.131 e. The topological polar surface area (TPSA) is 37.6 Å². The van der Waals surface area contributed by atoms with Crippen molar-refractivity contribution in [3.05, 3.63) is 175 Å². The number of hydrogen-bond acceptors (Lipinski definition) is 3. The normalized spacial score (nSPS) is 15.0. The molecule has 0 saturated carbocycles. The number of halogens is 1. The molecule has 4 heteroatoms. The molecule has 0 bridgehead atoms. The van der Waals surface area contributed by atoms with Crippen LogP contribution in [0.15, 0.2) is 168 Å². The van der Waals surface area contributed by atoms with Crippen molar-refractivity contribution in [1.29, 1.82) is 0 Å². The highest BCUT2D eigenvalue weighted by Crippen LogP contribution is 2.45. The molecular weight excluding hydrogens is 650 g/mol. The summed E-state index contributed by atoms with van der Waals surface area (Å²) in [6, 6.07) is 50.8. The van der Waals surface area contributed by atoms with Gasteiger partial charge in [-0.2, -0.15) is 0 Å². The average molecular weight is 680 g/mol. The van der Waals surface area contributed by atoms with E-state index in [0.717, 1.165) is 83.7 Å². The van der Waals surface area contributed by atoms with Crippen LogP contribution in [0.5, 0.6) is 0 Å². The zero-order valence-corrected chi connectivity index (χ0v) is 28.6. The molecule has 2 aliphatic heterocycles. The monoisotopic (exact) mass is 679 g/mol. The number of aliphatic imine (C=N–C) groups is 2. The molecule has 248 valence electrons. The quantitative estimate of drug-likeness (QED) is 0.167. The molecule has 3 nitrogen and oxygen atoms in total. The van der Waals surface area contributed by atoms with E-state index in [1.54, 1.807) is 6.07 Å². The van der Waals surface area contributed by atoms with Gasteiger partial charge < -0.3 is 0 Å². The molecule has 0 radical (unpaired) electrons. The van der Waals surface area contributed by atoms with E-state index < -0.39 is 0 Å². The van der Waals surface area contributed by atoms with Crippen LogP contribution < -0.4 is 0 Å². The third-order valence-electron chi connectivity index (χ3n) is 11.0. The molecule has 1 unspecified atom stereocenters. The van der Waals surface area contributed by atoms with Crippen molar-refractivity contribution < 1.29 is 4.39 Å². The highest BCUT2D eigenvalue weighted by atomic mass is 19.1. The van der Waals surface area contributed by atoms with Crippen molar-refractivity contribution in [3.63, 3.8) is 0 Å². The third-order valence-corrected chi connectivity index (χ3v) is 11.0. The second-order valence-electron chi connectivity index (χ2n) is 14.0. The molecule has 0 aliphatic carbocycles. The van der Waals surface area contributed by atoms with Gasteiger partial charge in [0.15, 0.2) is 0 Å². The zero-order valence-electron chi connectivity index (χ0n) is 28.6. The Labute approximate surface area is 305 Å². The summed E-state index contributed by atoms with van der Waals surface area (Å²) in [5.74, 6) is -0.233. The van der Waals surface area contributed by atoms with Crippen LogP contribution in [0.2, 0.25) is 0 Å². The van der Waals surface area contributed by atoms with Crippen molar-refractivity contribution in [1.82, 2.24) is 4.98 Å². The summed E-state index contributed by atoms with van der Waals surface area (Å²) < 4.78 is 15.2. The van der Waals surface area contributed by atoms with E-state index in [4.69, 9.17) is 4.98 Å². The van der Waals surface area contributed by atoms with Crippen LogP contribution in [-0.2, 0) is 0 Å². The lowest BCUT2D eigenvalue weighted by atomic mass is 9.88. The van der Waals surface area contributed by atoms with Crippen LogP contribution in [-0.4, -0.2) is 16.9 Å². The standard InChI is InChI=1S/C49H30FN3/c50-43-20-19-41(37-9-1-4-10-38(37)43)49-48-40-12-6-3-8-36(40)35-7-2-5-11-39(35)47(48)42-18-17-31(28-46(42)53-49)29-13-15-30(16-14-29)32-25-33(44-21-23-51-44)27-34(26-32)45-22-24-52-45/h1-21,23-28,45H,22H2. The molecule has 9 aromatic rings. The maximum absolute atomic E-state index is 15.2. The number of aromatic nitrogens is 1. The molecular formula is C49H30FN3. The van der Waals surface area contributed by atoms with Gasteiger partial charge in [0.1, 0.15) is 5.82 Å². The van der Waals surface area contributed by atoms with Gasteiger partial charge in [-0.15, -0.1) is 0 Å². The molecule has 53 heavy (non-hydrogen) atoms. The summed E-state index contributed by atoms with van der Waals surface area (Å²) in [6.07, 6.45) is 6.86. The lowest BCUT2D eigenvalue weighted by Crippen LogP contribution is -2.09. The molecule has 1 aromatic heterocycles. The summed E-state index contributed by atoms with van der Waals surface area (Å²) >= 11 is 0. The fraction of sp³-hybridized carbons (Fsp3) is 0.0408. The molecule has 1 atom stereocenters. The van der Waals surface area contributed by atoms with Gasteiger partial charge >= 0.3 is 0 Å². The Morgan fingerprint density at radius 3 is 1.77 bits per heavy atom. The maximum Gasteiger partial charge on any atom is 0.131 e. The maximum atomic E-state index is 15.2. The first-order chi connectivity index (χ1) is 26.2. The molecule has 0 amide bonds. The predicted molar refractivity (Wildman–Crippen MR) is 220 cm³/mol.